The lowest BCUT2D eigenvalue weighted by Crippen LogP contribution is -2.24. The number of para-hydroxylation sites is 1. The Morgan fingerprint density at radius 2 is 1.86 bits per heavy atom. The van der Waals surface area contributed by atoms with Crippen LogP contribution in [0, 0.1) is 0 Å². The van der Waals surface area contributed by atoms with Crippen LogP contribution in [0.2, 0.25) is 0 Å². The highest BCUT2D eigenvalue weighted by molar-refractivity contribution is 5.98. The highest BCUT2D eigenvalue weighted by atomic mass is 19.4. The summed E-state index contributed by atoms with van der Waals surface area (Å²) in [7, 11) is 1.57. The molecule has 0 bridgehead atoms. The van der Waals surface area contributed by atoms with E-state index in [1.807, 2.05) is 0 Å². The summed E-state index contributed by atoms with van der Waals surface area (Å²) in [5.74, 6) is 0.195. The van der Waals surface area contributed by atoms with Crippen LogP contribution in [0.4, 0.5) is 18.9 Å². The Bertz CT molecular complexity index is 1200. The fourth-order valence-electron chi connectivity index (χ4n) is 3.07. The molecule has 3 heterocycles. The standard InChI is InChI=1S/C19H13F3N4O2/c1-23-16-12-7-8-14(19(20,21)22)25-17(12)26(11-5-3-2-4-6-11)18(27)15(16)13-9-24-10-28-13/h2-10,23H,1H3. The second-order valence-corrected chi connectivity index (χ2v) is 5.91. The van der Waals surface area contributed by atoms with E-state index >= 15 is 0 Å². The van der Waals surface area contributed by atoms with Crippen molar-refractivity contribution in [1.29, 1.82) is 0 Å². The summed E-state index contributed by atoms with van der Waals surface area (Å²) in [5, 5.41) is 3.22. The molecule has 6 nitrogen and oxygen atoms in total. The number of hydrogen-bond acceptors (Lipinski definition) is 5. The first-order chi connectivity index (χ1) is 13.4. The first-order valence-corrected chi connectivity index (χ1v) is 8.21. The fourth-order valence-corrected chi connectivity index (χ4v) is 3.07. The molecule has 4 aromatic rings. The van der Waals surface area contributed by atoms with Crippen LogP contribution in [-0.4, -0.2) is 21.6 Å². The van der Waals surface area contributed by atoms with Crippen LogP contribution in [0.5, 0.6) is 0 Å². The number of rotatable bonds is 3. The maximum absolute atomic E-state index is 13.3. The summed E-state index contributed by atoms with van der Waals surface area (Å²) in [4.78, 5) is 20.9. The van der Waals surface area contributed by atoms with Crippen LogP contribution >= 0.6 is 0 Å². The predicted octanol–water partition coefficient (Wildman–Crippen LogP) is 4.10. The second-order valence-electron chi connectivity index (χ2n) is 5.91. The molecule has 1 N–H and O–H groups in total. The van der Waals surface area contributed by atoms with Crippen molar-refractivity contribution in [1.82, 2.24) is 14.5 Å². The number of halogens is 3. The smallest absolute Gasteiger partial charge is 0.433 e. The van der Waals surface area contributed by atoms with Crippen LogP contribution in [0.15, 0.2) is 64.3 Å². The van der Waals surface area contributed by atoms with Gasteiger partial charge in [-0.2, -0.15) is 13.2 Å². The lowest BCUT2D eigenvalue weighted by molar-refractivity contribution is -0.141. The molecule has 9 heteroatoms. The zero-order chi connectivity index (χ0) is 19.9. The first-order valence-electron chi connectivity index (χ1n) is 8.21. The fraction of sp³-hybridized carbons (Fsp3) is 0.105. The molecule has 3 aromatic heterocycles. The predicted molar refractivity (Wildman–Crippen MR) is 97.4 cm³/mol. The van der Waals surface area contributed by atoms with Crippen molar-refractivity contribution >= 4 is 16.7 Å². The van der Waals surface area contributed by atoms with Gasteiger partial charge in [-0.05, 0) is 24.3 Å². The zero-order valence-electron chi connectivity index (χ0n) is 14.5. The molecule has 0 spiro atoms. The van der Waals surface area contributed by atoms with E-state index in [1.54, 1.807) is 37.4 Å². The molecular weight excluding hydrogens is 373 g/mol. The van der Waals surface area contributed by atoms with Gasteiger partial charge in [0.05, 0.1) is 17.6 Å². The molecule has 0 saturated carbocycles. The number of hydrogen-bond donors (Lipinski definition) is 1. The summed E-state index contributed by atoms with van der Waals surface area (Å²) in [6.45, 7) is 0. The van der Waals surface area contributed by atoms with E-state index < -0.39 is 17.4 Å². The van der Waals surface area contributed by atoms with Gasteiger partial charge in [-0.15, -0.1) is 0 Å². The Kier molecular flexibility index (Phi) is 4.14. The van der Waals surface area contributed by atoms with Gasteiger partial charge in [0.15, 0.2) is 12.2 Å². The molecule has 0 amide bonds. The van der Waals surface area contributed by atoms with Crippen molar-refractivity contribution in [3.8, 4) is 17.0 Å². The average molecular weight is 386 g/mol. The molecule has 0 aliphatic heterocycles. The van der Waals surface area contributed by atoms with E-state index in [0.29, 0.717) is 16.8 Å². The van der Waals surface area contributed by atoms with E-state index in [0.717, 1.165) is 10.6 Å². The second kappa shape index (κ2) is 6.52. The molecule has 28 heavy (non-hydrogen) atoms. The van der Waals surface area contributed by atoms with Crippen molar-refractivity contribution < 1.29 is 17.6 Å². The number of nitrogens with one attached hydrogen (secondary N) is 1. The summed E-state index contributed by atoms with van der Waals surface area (Å²) < 4.78 is 46.2. The molecule has 0 saturated heterocycles. The minimum absolute atomic E-state index is 0.112. The van der Waals surface area contributed by atoms with E-state index in [1.165, 1.54) is 18.7 Å². The molecule has 1 aromatic carbocycles. The third kappa shape index (κ3) is 2.81. The van der Waals surface area contributed by atoms with Crippen molar-refractivity contribution in [3.05, 3.63) is 71.1 Å². The maximum atomic E-state index is 13.3. The summed E-state index contributed by atoms with van der Waals surface area (Å²) in [6.07, 6.45) is -2.10. The molecule has 0 aliphatic rings. The quantitative estimate of drug-likeness (QED) is 0.574. The highest BCUT2D eigenvalue weighted by Gasteiger charge is 2.33. The van der Waals surface area contributed by atoms with Crippen LogP contribution in [0.3, 0.4) is 0 Å². The number of oxazole rings is 1. The van der Waals surface area contributed by atoms with Crippen molar-refractivity contribution in [3.63, 3.8) is 0 Å². The van der Waals surface area contributed by atoms with E-state index in [2.05, 4.69) is 15.3 Å². The average Bonchev–Trinajstić information content (AvgIpc) is 3.20. The number of fused-ring (bicyclic) bond motifs is 1. The Labute approximate surface area is 156 Å². The number of nitrogens with zero attached hydrogens (tertiary/aromatic N) is 3. The summed E-state index contributed by atoms with van der Waals surface area (Å²) in [5.41, 5.74) is -0.931. The maximum Gasteiger partial charge on any atom is 0.433 e. The normalized spacial score (nSPS) is 11.7. The van der Waals surface area contributed by atoms with Crippen LogP contribution < -0.4 is 10.9 Å². The lowest BCUT2D eigenvalue weighted by atomic mass is 10.1. The topological polar surface area (TPSA) is 73.0 Å². The number of aromatic nitrogens is 3. The SMILES string of the molecule is CNc1c(-c2cnco2)c(=O)n(-c2ccccc2)c2nc(C(F)(F)F)ccc12. The Balaban J connectivity index is 2.20. The zero-order valence-corrected chi connectivity index (χ0v) is 14.5. The van der Waals surface area contributed by atoms with Crippen LogP contribution in [0.25, 0.3) is 28.0 Å². The van der Waals surface area contributed by atoms with Gasteiger partial charge in [-0.3, -0.25) is 9.36 Å². The molecule has 0 aliphatic carbocycles. The van der Waals surface area contributed by atoms with Gasteiger partial charge in [0, 0.05) is 12.4 Å². The van der Waals surface area contributed by atoms with Crippen molar-refractivity contribution in [2.75, 3.05) is 12.4 Å². The van der Waals surface area contributed by atoms with Gasteiger partial charge in [-0.25, -0.2) is 9.97 Å². The third-order valence-electron chi connectivity index (χ3n) is 4.26. The molecule has 0 fully saturated rings. The Hall–Kier alpha value is -3.62. The van der Waals surface area contributed by atoms with Crippen LogP contribution in [0.1, 0.15) is 5.69 Å². The van der Waals surface area contributed by atoms with Gasteiger partial charge < -0.3 is 9.73 Å². The first kappa shape index (κ1) is 17.8. The van der Waals surface area contributed by atoms with E-state index in [9.17, 15) is 18.0 Å². The van der Waals surface area contributed by atoms with Crippen molar-refractivity contribution in [2.24, 2.45) is 0 Å². The number of pyridine rings is 2. The van der Waals surface area contributed by atoms with E-state index in [-0.39, 0.29) is 17.0 Å². The number of anilines is 1. The van der Waals surface area contributed by atoms with E-state index in [4.69, 9.17) is 4.42 Å². The lowest BCUT2D eigenvalue weighted by Gasteiger charge is -2.17. The Morgan fingerprint density at radius 3 is 2.46 bits per heavy atom. The van der Waals surface area contributed by atoms with Gasteiger partial charge in [0.25, 0.3) is 5.56 Å². The molecule has 0 unspecified atom stereocenters. The van der Waals surface area contributed by atoms with Crippen LogP contribution in [-0.2, 0) is 6.18 Å². The summed E-state index contributed by atoms with van der Waals surface area (Å²) in [6, 6.07) is 10.5. The molecule has 0 atom stereocenters. The van der Waals surface area contributed by atoms with Gasteiger partial charge in [-0.1, -0.05) is 18.2 Å². The minimum Gasteiger partial charge on any atom is -0.443 e. The molecule has 0 radical (unpaired) electrons. The van der Waals surface area contributed by atoms with Crippen molar-refractivity contribution in [2.45, 2.75) is 6.18 Å². The molecule has 4 rings (SSSR count). The van der Waals surface area contributed by atoms with Gasteiger partial charge in [0.2, 0.25) is 0 Å². The minimum atomic E-state index is -4.64. The number of alkyl halides is 3. The largest absolute Gasteiger partial charge is 0.443 e. The number of benzene rings is 1. The third-order valence-corrected chi connectivity index (χ3v) is 4.26. The van der Waals surface area contributed by atoms with Gasteiger partial charge in [0.1, 0.15) is 16.9 Å². The highest BCUT2D eigenvalue weighted by Crippen LogP contribution is 2.35. The molecular formula is C19H13F3N4O2. The monoisotopic (exact) mass is 386 g/mol. The molecule has 142 valence electrons. The van der Waals surface area contributed by atoms with Gasteiger partial charge >= 0.3 is 6.18 Å². The Morgan fingerprint density at radius 1 is 1.11 bits per heavy atom. The summed E-state index contributed by atoms with van der Waals surface area (Å²) >= 11 is 0.